The Balaban J connectivity index is 0.000000221. The van der Waals surface area contributed by atoms with E-state index in [-0.39, 0.29) is 46.0 Å². The van der Waals surface area contributed by atoms with Crippen molar-refractivity contribution in [3.05, 3.63) is 142 Å². The number of ether oxygens (including phenoxy) is 2. The minimum absolute atomic E-state index is 0.0566. The van der Waals surface area contributed by atoms with Crippen LogP contribution in [0.4, 0.5) is 10.0 Å². The summed E-state index contributed by atoms with van der Waals surface area (Å²) in [6, 6.07) is 32.9. The van der Waals surface area contributed by atoms with Crippen LogP contribution in [0, 0.1) is 0 Å². The van der Waals surface area contributed by atoms with Crippen LogP contribution in [0.1, 0.15) is 36.1 Å². The Labute approximate surface area is 348 Å². The van der Waals surface area contributed by atoms with E-state index in [0.717, 1.165) is 54.5 Å². The van der Waals surface area contributed by atoms with Crippen molar-refractivity contribution >= 4 is 64.2 Å². The van der Waals surface area contributed by atoms with E-state index in [0.29, 0.717) is 13.2 Å². The summed E-state index contributed by atoms with van der Waals surface area (Å²) in [5.41, 5.74) is 7.94. The minimum Gasteiger partial charge on any atom is -0.380 e. The van der Waals surface area contributed by atoms with Crippen molar-refractivity contribution in [1.82, 2.24) is 0 Å². The minimum atomic E-state index is -3.23. The molecule has 304 valence electrons. The molecule has 0 aliphatic rings. The van der Waals surface area contributed by atoms with Crippen molar-refractivity contribution < 1.29 is 35.9 Å². The number of carbonyl (C=O) groups excluding carboxylic acids is 2. The van der Waals surface area contributed by atoms with Gasteiger partial charge in [-0.1, -0.05) is 86.6 Å². The monoisotopic (exact) mass is 858 g/mol. The lowest BCUT2D eigenvalue weighted by Crippen LogP contribution is -2.13. The Morgan fingerprint density at radius 1 is 0.552 bits per heavy atom. The van der Waals surface area contributed by atoms with Crippen molar-refractivity contribution in [2.24, 2.45) is 0 Å². The summed E-state index contributed by atoms with van der Waals surface area (Å²) in [5.74, 6) is -0.174. The lowest BCUT2D eigenvalue weighted by atomic mass is 10.0. The number of rotatable bonds is 16. The maximum atomic E-state index is 12.4. The van der Waals surface area contributed by atoms with E-state index in [9.17, 15) is 26.4 Å². The van der Waals surface area contributed by atoms with Gasteiger partial charge in [-0.3, -0.25) is 9.59 Å². The predicted octanol–water partition coefficient (Wildman–Crippen LogP) is 9.07. The van der Waals surface area contributed by atoms with Crippen LogP contribution >= 0.6 is 22.7 Å². The number of methoxy groups -OCH3 is 2. The lowest BCUT2D eigenvalue weighted by Gasteiger charge is -2.07. The maximum absolute atomic E-state index is 12.4. The van der Waals surface area contributed by atoms with Crippen LogP contribution in [-0.4, -0.2) is 54.4 Å². The number of amides is 2. The summed E-state index contributed by atoms with van der Waals surface area (Å²) in [7, 11) is -3.13. The molecular formula is C44H46N2O8S4. The lowest BCUT2D eigenvalue weighted by molar-refractivity contribution is -0.116. The molecular weight excluding hydrogens is 813 g/mol. The van der Waals surface area contributed by atoms with E-state index in [4.69, 9.17) is 9.47 Å². The highest BCUT2D eigenvalue weighted by Gasteiger charge is 2.15. The van der Waals surface area contributed by atoms with Crippen LogP contribution in [-0.2, 0) is 64.8 Å². The quantitative estimate of drug-likeness (QED) is 0.0981. The average Bonchev–Trinajstić information content (AvgIpc) is 3.89. The van der Waals surface area contributed by atoms with Crippen LogP contribution in [0.2, 0.25) is 0 Å². The summed E-state index contributed by atoms with van der Waals surface area (Å²) < 4.78 is 58.0. The molecule has 0 fully saturated rings. The highest BCUT2D eigenvalue weighted by Crippen LogP contribution is 2.33. The fourth-order valence-corrected chi connectivity index (χ4v) is 9.35. The molecule has 2 heterocycles. The van der Waals surface area contributed by atoms with Gasteiger partial charge >= 0.3 is 0 Å². The third kappa shape index (κ3) is 12.0. The third-order valence-corrected chi connectivity index (χ3v) is 14.2. The van der Waals surface area contributed by atoms with Crippen molar-refractivity contribution in [3.63, 3.8) is 0 Å². The number of carbonyl (C=O) groups is 2. The SMILES string of the molecule is CCS(=O)(=O)c1ccc(CC(=O)Nc2cc(-c3ccccc3COC)cs2)cc1.CCS(=O)(=O)c1ccc(CC(=O)Nc2cc(-c3ccccc3COC)cs2)cc1. The molecule has 0 saturated carbocycles. The van der Waals surface area contributed by atoms with E-state index in [1.165, 1.54) is 22.7 Å². The Hall–Kier alpha value is -4.96. The molecule has 0 aliphatic carbocycles. The molecule has 10 nitrogen and oxygen atoms in total. The van der Waals surface area contributed by atoms with Gasteiger partial charge in [0.25, 0.3) is 0 Å². The summed E-state index contributed by atoms with van der Waals surface area (Å²) >= 11 is 2.93. The van der Waals surface area contributed by atoms with E-state index >= 15 is 0 Å². The fourth-order valence-electron chi connectivity index (χ4n) is 5.95. The zero-order valence-corrected chi connectivity index (χ0v) is 36.0. The molecule has 58 heavy (non-hydrogen) atoms. The molecule has 4 aromatic carbocycles. The number of hydrogen-bond acceptors (Lipinski definition) is 10. The molecule has 0 bridgehead atoms. The van der Waals surface area contributed by atoms with Crippen LogP contribution in [0.25, 0.3) is 22.3 Å². The number of thiophene rings is 2. The molecule has 14 heteroatoms. The van der Waals surface area contributed by atoms with Gasteiger partial charge in [0, 0.05) is 25.0 Å². The van der Waals surface area contributed by atoms with Gasteiger partial charge in [-0.05, 0) is 80.9 Å². The van der Waals surface area contributed by atoms with Crippen molar-refractivity contribution in [2.45, 2.75) is 49.7 Å². The van der Waals surface area contributed by atoms with E-state index in [2.05, 4.69) is 10.6 Å². The van der Waals surface area contributed by atoms with Crippen LogP contribution in [0.15, 0.2) is 130 Å². The summed E-state index contributed by atoms with van der Waals surface area (Å²) in [5, 5.41) is 11.4. The number of hydrogen-bond donors (Lipinski definition) is 2. The zero-order valence-electron chi connectivity index (χ0n) is 32.7. The molecule has 2 aromatic heterocycles. The highest BCUT2D eigenvalue weighted by atomic mass is 32.2. The third-order valence-electron chi connectivity index (χ3n) is 9.03. The highest BCUT2D eigenvalue weighted by molar-refractivity contribution is 7.91. The summed E-state index contributed by atoms with van der Waals surface area (Å²) in [4.78, 5) is 25.3. The number of benzene rings is 4. The van der Waals surface area contributed by atoms with E-state index in [1.54, 1.807) is 76.6 Å². The first-order valence-corrected chi connectivity index (χ1v) is 23.5. The smallest absolute Gasteiger partial charge is 0.229 e. The Morgan fingerprint density at radius 2 is 0.914 bits per heavy atom. The van der Waals surface area contributed by atoms with E-state index < -0.39 is 19.7 Å². The van der Waals surface area contributed by atoms with Gasteiger partial charge in [0.15, 0.2) is 19.7 Å². The first kappa shape index (κ1) is 44.1. The molecule has 0 unspecified atom stereocenters. The molecule has 2 N–H and O–H groups in total. The van der Waals surface area contributed by atoms with Gasteiger partial charge in [0.1, 0.15) is 0 Å². The molecule has 2 amide bonds. The van der Waals surface area contributed by atoms with Gasteiger partial charge in [-0.15, -0.1) is 22.7 Å². The van der Waals surface area contributed by atoms with Gasteiger partial charge in [0.05, 0.1) is 57.4 Å². The van der Waals surface area contributed by atoms with Gasteiger partial charge < -0.3 is 20.1 Å². The van der Waals surface area contributed by atoms with Crippen molar-refractivity contribution in [3.8, 4) is 22.3 Å². The molecule has 6 aromatic rings. The number of sulfone groups is 2. The molecule has 0 radical (unpaired) electrons. The summed E-state index contributed by atoms with van der Waals surface area (Å²) in [6.07, 6.45) is 0.361. The first-order valence-electron chi connectivity index (χ1n) is 18.4. The molecule has 0 saturated heterocycles. The van der Waals surface area contributed by atoms with Crippen LogP contribution in [0.5, 0.6) is 0 Å². The Morgan fingerprint density at radius 3 is 1.26 bits per heavy atom. The van der Waals surface area contributed by atoms with Gasteiger partial charge in [0.2, 0.25) is 11.8 Å². The van der Waals surface area contributed by atoms with Crippen molar-refractivity contribution in [1.29, 1.82) is 0 Å². The first-order chi connectivity index (χ1) is 27.8. The van der Waals surface area contributed by atoms with Crippen LogP contribution in [0.3, 0.4) is 0 Å². The topological polar surface area (TPSA) is 145 Å². The number of anilines is 2. The number of nitrogens with one attached hydrogen (secondary N) is 2. The summed E-state index contributed by atoms with van der Waals surface area (Å²) in [6.45, 7) is 4.27. The van der Waals surface area contributed by atoms with Gasteiger partial charge in [-0.25, -0.2) is 16.8 Å². The largest absolute Gasteiger partial charge is 0.380 e. The second kappa shape index (κ2) is 20.6. The van der Waals surface area contributed by atoms with Gasteiger partial charge in [-0.2, -0.15) is 0 Å². The fraction of sp³-hybridized carbons (Fsp3) is 0.227. The molecule has 0 atom stereocenters. The molecule has 0 spiro atoms. The standard InChI is InChI=1S/2C22H23NO4S2/c2*1-3-29(25,26)19-10-8-16(9-11-19)12-21(24)23-22-13-18(15-28-22)20-7-5-4-6-17(20)14-27-2/h2*4-11,13,15H,3,12,14H2,1-2H3,(H,23,24). The maximum Gasteiger partial charge on any atom is 0.229 e. The Bertz CT molecular complexity index is 2350. The van der Waals surface area contributed by atoms with Crippen molar-refractivity contribution in [2.75, 3.05) is 36.4 Å². The average molecular weight is 859 g/mol. The Kier molecular flexibility index (Phi) is 15.7. The normalized spacial score (nSPS) is 11.4. The van der Waals surface area contributed by atoms with E-state index in [1.807, 2.05) is 71.4 Å². The second-order valence-corrected chi connectivity index (χ2v) is 19.5. The molecule has 0 aliphatic heterocycles. The predicted molar refractivity (Wildman–Crippen MR) is 234 cm³/mol. The van der Waals surface area contributed by atoms with Crippen LogP contribution < -0.4 is 10.6 Å². The zero-order chi connectivity index (χ0) is 41.7. The second-order valence-electron chi connectivity index (χ2n) is 13.1. The molecule has 6 rings (SSSR count).